The number of pyridine rings is 1. The number of rotatable bonds is 6. The van der Waals surface area contributed by atoms with Crippen LogP contribution in [0.4, 0.5) is 5.69 Å². The smallest absolute Gasteiger partial charge is 0.248 e. The van der Waals surface area contributed by atoms with Gasteiger partial charge in [0.1, 0.15) is 6.04 Å². The van der Waals surface area contributed by atoms with Gasteiger partial charge in [-0.2, -0.15) is 0 Å². The number of aromatic nitrogens is 1. The van der Waals surface area contributed by atoms with E-state index < -0.39 is 6.04 Å². The van der Waals surface area contributed by atoms with Crippen LogP contribution in [0.15, 0.2) is 48.7 Å². The summed E-state index contributed by atoms with van der Waals surface area (Å²) < 4.78 is 5.92. The van der Waals surface area contributed by atoms with Crippen molar-refractivity contribution in [3.05, 3.63) is 63.4 Å². The predicted molar refractivity (Wildman–Crippen MR) is 127 cm³/mol. The fourth-order valence-corrected chi connectivity index (χ4v) is 4.74. The third-order valence-electron chi connectivity index (χ3n) is 5.39. The number of amides is 2. The largest absolute Gasteiger partial charge is 0.398 e. The lowest BCUT2D eigenvalue weighted by atomic mass is 10.1. The van der Waals surface area contributed by atoms with Gasteiger partial charge in [0.15, 0.2) is 0 Å². The normalized spacial score (nSPS) is 16.9. The fraction of sp³-hybridized carbons (Fsp3) is 0.261. The molecule has 2 amide bonds. The maximum Gasteiger partial charge on any atom is 0.248 e. The lowest BCUT2D eigenvalue weighted by Crippen LogP contribution is -2.59. The molecule has 0 bridgehead atoms. The summed E-state index contributed by atoms with van der Waals surface area (Å²) in [5.74, 6) is -0.366. The Balaban J connectivity index is 1.48. The van der Waals surface area contributed by atoms with Crippen LogP contribution in [0.5, 0.6) is 0 Å². The monoisotopic (exact) mass is 470 g/mol. The van der Waals surface area contributed by atoms with Gasteiger partial charge in [0.25, 0.3) is 0 Å². The fourth-order valence-electron chi connectivity index (χ4n) is 3.78. The average Bonchev–Trinajstić information content (AvgIpc) is 3.20. The molecule has 32 heavy (non-hydrogen) atoms. The Hall–Kier alpha value is -2.94. The first kappa shape index (κ1) is 22.3. The predicted octanol–water partition coefficient (Wildman–Crippen LogP) is 3.43. The third-order valence-corrected chi connectivity index (χ3v) is 6.59. The SMILES string of the molecule is COCC1C(=O)N(Cc2ccc3c(N)ccnc3c2)CCN1C(=O)C=Cc1ccc(Cl)s1. The number of carbonyl (C=O) groups excluding carboxylic acids is 2. The van der Waals surface area contributed by atoms with Gasteiger partial charge in [-0.15, -0.1) is 11.3 Å². The van der Waals surface area contributed by atoms with Gasteiger partial charge in [-0.3, -0.25) is 14.6 Å². The molecule has 1 aliphatic heterocycles. The number of thiophene rings is 1. The molecule has 2 aromatic heterocycles. The van der Waals surface area contributed by atoms with Gasteiger partial charge in [-0.05, 0) is 35.9 Å². The summed E-state index contributed by atoms with van der Waals surface area (Å²) in [5.41, 5.74) is 8.41. The van der Waals surface area contributed by atoms with Gasteiger partial charge < -0.3 is 20.3 Å². The Morgan fingerprint density at radius 1 is 1.31 bits per heavy atom. The molecule has 1 aromatic carbocycles. The number of nitrogens with two attached hydrogens (primary N) is 1. The van der Waals surface area contributed by atoms with Crippen LogP contribution >= 0.6 is 22.9 Å². The standard InChI is InChI=1S/C23H23ClN4O3S/c1-31-14-20-23(30)27(13-15-2-5-17-18(25)8-9-26-19(17)12-15)10-11-28(20)22(29)7-4-16-3-6-21(24)32-16/h2-9,12,20H,10-11,13-14H2,1H3,(H2,25,26). The molecule has 3 aromatic rings. The van der Waals surface area contributed by atoms with Crippen LogP contribution < -0.4 is 5.73 Å². The van der Waals surface area contributed by atoms with Crippen LogP contribution in [0, 0.1) is 0 Å². The van der Waals surface area contributed by atoms with E-state index in [9.17, 15) is 9.59 Å². The number of hydrogen-bond donors (Lipinski definition) is 1. The number of nitrogens with zero attached hydrogens (tertiary/aromatic N) is 3. The number of piperazine rings is 1. The van der Waals surface area contributed by atoms with E-state index in [1.165, 1.54) is 24.5 Å². The zero-order chi connectivity index (χ0) is 22.7. The third kappa shape index (κ3) is 4.77. The first-order valence-corrected chi connectivity index (χ1v) is 11.3. The summed E-state index contributed by atoms with van der Waals surface area (Å²) in [5, 5.41) is 0.883. The number of anilines is 1. The molecule has 1 atom stereocenters. The highest BCUT2D eigenvalue weighted by atomic mass is 35.5. The van der Waals surface area contributed by atoms with Crippen LogP contribution in [-0.4, -0.2) is 59.4 Å². The van der Waals surface area contributed by atoms with E-state index >= 15 is 0 Å². The van der Waals surface area contributed by atoms with Crippen LogP contribution in [0.1, 0.15) is 10.4 Å². The van der Waals surface area contributed by atoms with E-state index in [-0.39, 0.29) is 18.4 Å². The van der Waals surface area contributed by atoms with Crippen molar-refractivity contribution in [3.63, 3.8) is 0 Å². The molecule has 0 spiro atoms. The minimum atomic E-state index is -0.674. The molecule has 166 valence electrons. The van der Waals surface area contributed by atoms with Crippen LogP contribution in [0.3, 0.4) is 0 Å². The molecule has 0 radical (unpaired) electrons. The highest BCUT2D eigenvalue weighted by molar-refractivity contribution is 7.17. The Kier molecular flexibility index (Phi) is 6.74. The number of hydrogen-bond acceptors (Lipinski definition) is 6. The van der Waals surface area contributed by atoms with Gasteiger partial charge in [0, 0.05) is 55.0 Å². The molecular weight excluding hydrogens is 448 g/mol. The second-order valence-corrected chi connectivity index (χ2v) is 9.24. The first-order valence-electron chi connectivity index (χ1n) is 10.1. The van der Waals surface area contributed by atoms with Crippen molar-refractivity contribution in [1.82, 2.24) is 14.8 Å². The topological polar surface area (TPSA) is 88.8 Å². The minimum absolute atomic E-state index is 0.134. The van der Waals surface area contributed by atoms with Crippen molar-refractivity contribution in [1.29, 1.82) is 0 Å². The van der Waals surface area contributed by atoms with Crippen LogP contribution in [0.2, 0.25) is 4.34 Å². The molecule has 7 nitrogen and oxygen atoms in total. The lowest BCUT2D eigenvalue weighted by molar-refractivity contribution is -0.152. The van der Waals surface area contributed by atoms with E-state index in [4.69, 9.17) is 22.1 Å². The van der Waals surface area contributed by atoms with Crippen molar-refractivity contribution in [2.75, 3.05) is 32.5 Å². The van der Waals surface area contributed by atoms with Gasteiger partial charge in [-0.1, -0.05) is 23.7 Å². The summed E-state index contributed by atoms with van der Waals surface area (Å²) in [6.07, 6.45) is 4.86. The van der Waals surface area contributed by atoms with Gasteiger partial charge in [0.05, 0.1) is 16.5 Å². The zero-order valence-corrected chi connectivity index (χ0v) is 19.1. The molecule has 0 aliphatic carbocycles. The second kappa shape index (κ2) is 9.68. The summed E-state index contributed by atoms with van der Waals surface area (Å²) in [4.78, 5) is 34.6. The molecule has 1 aliphatic rings. The van der Waals surface area contributed by atoms with Crippen molar-refractivity contribution in [2.24, 2.45) is 0 Å². The second-order valence-electron chi connectivity index (χ2n) is 7.49. The molecule has 9 heteroatoms. The van der Waals surface area contributed by atoms with Crippen molar-refractivity contribution >= 4 is 57.4 Å². The quantitative estimate of drug-likeness (QED) is 0.557. The number of carbonyl (C=O) groups is 2. The molecule has 1 saturated heterocycles. The Labute approximate surface area is 195 Å². The molecule has 4 rings (SSSR count). The number of ether oxygens (including phenoxy) is 1. The highest BCUT2D eigenvalue weighted by Crippen LogP contribution is 2.24. The summed E-state index contributed by atoms with van der Waals surface area (Å²) in [6.45, 7) is 1.42. The number of halogens is 1. The van der Waals surface area contributed by atoms with Crippen molar-refractivity contribution < 1.29 is 14.3 Å². The van der Waals surface area contributed by atoms with E-state index in [0.717, 1.165) is 21.3 Å². The maximum atomic E-state index is 13.2. The minimum Gasteiger partial charge on any atom is -0.398 e. The Bertz CT molecular complexity index is 1180. The van der Waals surface area contributed by atoms with Gasteiger partial charge >= 0.3 is 0 Å². The summed E-state index contributed by atoms with van der Waals surface area (Å²) in [7, 11) is 1.53. The van der Waals surface area contributed by atoms with E-state index in [1.807, 2.05) is 24.3 Å². The molecule has 0 saturated carbocycles. The summed E-state index contributed by atoms with van der Waals surface area (Å²) in [6, 6.07) is 10.5. The number of nitrogen functional groups attached to an aromatic ring is 1. The number of fused-ring (bicyclic) bond motifs is 1. The van der Waals surface area contributed by atoms with Crippen LogP contribution in [0.25, 0.3) is 17.0 Å². The van der Waals surface area contributed by atoms with Gasteiger partial charge in [-0.25, -0.2) is 0 Å². The molecular formula is C23H23ClN4O3S. The summed E-state index contributed by atoms with van der Waals surface area (Å²) >= 11 is 7.33. The highest BCUT2D eigenvalue weighted by Gasteiger charge is 2.36. The lowest BCUT2D eigenvalue weighted by Gasteiger charge is -2.40. The molecule has 3 heterocycles. The number of benzene rings is 1. The number of methoxy groups -OCH3 is 1. The van der Waals surface area contributed by atoms with E-state index in [0.29, 0.717) is 29.7 Å². The van der Waals surface area contributed by atoms with Gasteiger partial charge in [0.2, 0.25) is 11.8 Å². The van der Waals surface area contributed by atoms with Crippen LogP contribution in [-0.2, 0) is 20.9 Å². The molecule has 1 fully saturated rings. The van der Waals surface area contributed by atoms with Crippen molar-refractivity contribution in [2.45, 2.75) is 12.6 Å². The molecule has 2 N–H and O–H groups in total. The first-order chi connectivity index (χ1) is 15.5. The van der Waals surface area contributed by atoms with Crippen molar-refractivity contribution in [3.8, 4) is 0 Å². The molecule has 1 unspecified atom stereocenters. The Morgan fingerprint density at radius 3 is 2.91 bits per heavy atom. The Morgan fingerprint density at radius 2 is 2.16 bits per heavy atom. The van der Waals surface area contributed by atoms with E-state index in [2.05, 4.69) is 4.98 Å². The average molecular weight is 471 g/mol. The van der Waals surface area contributed by atoms with E-state index in [1.54, 1.807) is 34.2 Å². The maximum absolute atomic E-state index is 13.2. The zero-order valence-electron chi connectivity index (χ0n) is 17.5.